The fourth-order valence-electron chi connectivity index (χ4n) is 2.27. The number of hydrogen-bond acceptors (Lipinski definition) is 6. The van der Waals surface area contributed by atoms with Crippen LogP contribution < -0.4 is 10.2 Å². The number of rotatable bonds is 4. The summed E-state index contributed by atoms with van der Waals surface area (Å²) < 4.78 is 4.01. The second-order valence-corrected chi connectivity index (χ2v) is 6.33. The predicted molar refractivity (Wildman–Crippen MR) is 95.2 cm³/mol. The third-order valence-electron chi connectivity index (χ3n) is 3.45. The summed E-state index contributed by atoms with van der Waals surface area (Å²) in [6.07, 6.45) is 0. The summed E-state index contributed by atoms with van der Waals surface area (Å²) in [4.78, 5) is 6.62. The number of aromatic nitrogens is 2. The number of anilines is 2. The highest BCUT2D eigenvalue weighted by Crippen LogP contribution is 2.29. The molecular formula is C16H14ClN5S. The molecule has 0 aliphatic heterocycles. The highest BCUT2D eigenvalue weighted by atomic mass is 35.5. The normalized spacial score (nSPS) is 10.5. The highest BCUT2D eigenvalue weighted by Gasteiger charge is 2.13. The van der Waals surface area contributed by atoms with Gasteiger partial charge in [-0.15, -0.1) is 0 Å². The molecule has 0 aliphatic carbocycles. The van der Waals surface area contributed by atoms with E-state index in [0.29, 0.717) is 17.1 Å². The number of benzene rings is 1. The van der Waals surface area contributed by atoms with E-state index in [-0.39, 0.29) is 5.15 Å². The summed E-state index contributed by atoms with van der Waals surface area (Å²) in [5.41, 5.74) is 2.44. The van der Waals surface area contributed by atoms with Crippen molar-refractivity contribution in [2.24, 2.45) is 0 Å². The molecule has 116 valence electrons. The molecule has 3 aromatic rings. The first-order valence-corrected chi connectivity index (χ1v) is 8.10. The lowest BCUT2D eigenvalue weighted by Crippen LogP contribution is -2.12. The van der Waals surface area contributed by atoms with Gasteiger partial charge in [-0.05, 0) is 29.2 Å². The molecule has 0 bridgehead atoms. The van der Waals surface area contributed by atoms with Crippen LogP contribution in [0.1, 0.15) is 11.1 Å². The average Bonchev–Trinajstić information content (AvgIpc) is 2.92. The summed E-state index contributed by atoms with van der Waals surface area (Å²) in [6.45, 7) is 0.567. The molecule has 0 aliphatic rings. The number of hydrogen-bond donors (Lipinski definition) is 1. The molecule has 5 nitrogen and oxygen atoms in total. The molecule has 2 heterocycles. The molecule has 0 spiro atoms. The first-order valence-electron chi connectivity index (χ1n) is 6.95. The lowest BCUT2D eigenvalue weighted by molar-refractivity contribution is 1.07. The highest BCUT2D eigenvalue weighted by molar-refractivity contribution is 7.10. The number of fused-ring (bicyclic) bond motifs is 1. The SMILES string of the molecule is CN(C)c1cc(CNc2snc(Cl)c2C#N)c2ccccc2n1. The van der Waals surface area contributed by atoms with Crippen molar-refractivity contribution in [1.82, 2.24) is 9.36 Å². The number of nitriles is 1. The quantitative estimate of drug-likeness (QED) is 0.778. The van der Waals surface area contributed by atoms with Gasteiger partial charge in [-0.3, -0.25) is 0 Å². The first-order chi connectivity index (χ1) is 11.1. The van der Waals surface area contributed by atoms with Crippen molar-refractivity contribution in [2.45, 2.75) is 6.54 Å². The second kappa shape index (κ2) is 6.41. The van der Waals surface area contributed by atoms with Crippen LogP contribution in [0, 0.1) is 11.3 Å². The van der Waals surface area contributed by atoms with Gasteiger partial charge in [0.05, 0.1) is 5.52 Å². The summed E-state index contributed by atoms with van der Waals surface area (Å²) in [5.74, 6) is 0.892. The van der Waals surface area contributed by atoms with Gasteiger partial charge >= 0.3 is 0 Å². The van der Waals surface area contributed by atoms with E-state index < -0.39 is 0 Å². The Morgan fingerprint density at radius 1 is 1.35 bits per heavy atom. The van der Waals surface area contributed by atoms with Crippen molar-refractivity contribution in [2.75, 3.05) is 24.3 Å². The average molecular weight is 344 g/mol. The Hall–Kier alpha value is -2.36. The third kappa shape index (κ3) is 3.07. The van der Waals surface area contributed by atoms with Gasteiger partial charge in [-0.1, -0.05) is 29.8 Å². The zero-order valence-corrected chi connectivity index (χ0v) is 14.2. The maximum atomic E-state index is 9.15. The standard InChI is InChI=1S/C16H14ClN5S/c1-22(2)14-7-10(11-5-3-4-6-13(11)20-14)9-19-16-12(8-18)15(17)21-23-16/h3-7,19H,9H2,1-2H3. The second-order valence-electron chi connectivity index (χ2n) is 5.19. The van der Waals surface area contributed by atoms with Crippen LogP contribution in [0.25, 0.3) is 10.9 Å². The van der Waals surface area contributed by atoms with Crippen LogP contribution in [-0.2, 0) is 6.54 Å². The Kier molecular flexibility index (Phi) is 4.33. The van der Waals surface area contributed by atoms with Crippen molar-refractivity contribution in [3.63, 3.8) is 0 Å². The number of para-hydroxylation sites is 1. The summed E-state index contributed by atoms with van der Waals surface area (Å²) >= 11 is 7.10. The van der Waals surface area contributed by atoms with Gasteiger partial charge in [0, 0.05) is 26.0 Å². The van der Waals surface area contributed by atoms with Gasteiger partial charge < -0.3 is 10.2 Å². The van der Waals surface area contributed by atoms with Crippen molar-refractivity contribution in [3.05, 3.63) is 46.6 Å². The fraction of sp³-hybridized carbons (Fsp3) is 0.188. The minimum absolute atomic E-state index is 0.244. The van der Waals surface area contributed by atoms with E-state index >= 15 is 0 Å². The van der Waals surface area contributed by atoms with Crippen molar-refractivity contribution in [3.8, 4) is 6.07 Å². The van der Waals surface area contributed by atoms with Crippen molar-refractivity contribution >= 4 is 44.9 Å². The molecule has 0 saturated carbocycles. The lowest BCUT2D eigenvalue weighted by atomic mass is 10.1. The van der Waals surface area contributed by atoms with Crippen LogP contribution in [-0.4, -0.2) is 23.5 Å². The van der Waals surface area contributed by atoms with Gasteiger partial charge in [0.1, 0.15) is 22.5 Å². The topological polar surface area (TPSA) is 64.8 Å². The maximum Gasteiger partial charge on any atom is 0.162 e. The van der Waals surface area contributed by atoms with Crippen LogP contribution in [0.4, 0.5) is 10.8 Å². The molecule has 0 amide bonds. The number of halogens is 1. The molecule has 1 N–H and O–H groups in total. The molecule has 2 aromatic heterocycles. The molecule has 0 unspecified atom stereocenters. The predicted octanol–water partition coefficient (Wildman–Crippen LogP) is 3.89. The molecular weight excluding hydrogens is 330 g/mol. The van der Waals surface area contributed by atoms with E-state index in [2.05, 4.69) is 20.7 Å². The number of nitrogens with zero attached hydrogens (tertiary/aromatic N) is 4. The van der Waals surface area contributed by atoms with Crippen LogP contribution >= 0.6 is 23.1 Å². The third-order valence-corrected chi connectivity index (χ3v) is 4.63. The maximum absolute atomic E-state index is 9.15. The van der Waals surface area contributed by atoms with Crippen molar-refractivity contribution < 1.29 is 0 Å². The molecule has 1 aromatic carbocycles. The van der Waals surface area contributed by atoms with E-state index in [1.54, 1.807) is 0 Å². The lowest BCUT2D eigenvalue weighted by Gasteiger charge is -2.15. The van der Waals surface area contributed by atoms with Crippen LogP contribution in [0.5, 0.6) is 0 Å². The zero-order valence-electron chi connectivity index (χ0n) is 12.7. The smallest absolute Gasteiger partial charge is 0.162 e. The van der Waals surface area contributed by atoms with Crippen LogP contribution in [0.15, 0.2) is 30.3 Å². The first kappa shape index (κ1) is 15.5. The van der Waals surface area contributed by atoms with E-state index in [4.69, 9.17) is 16.9 Å². The van der Waals surface area contributed by atoms with Gasteiger partial charge in [0.2, 0.25) is 0 Å². The minimum atomic E-state index is 0.244. The molecule has 23 heavy (non-hydrogen) atoms. The number of pyridine rings is 1. The Labute approximate surface area is 143 Å². The van der Waals surface area contributed by atoms with Crippen molar-refractivity contribution in [1.29, 1.82) is 5.26 Å². The monoisotopic (exact) mass is 343 g/mol. The zero-order chi connectivity index (χ0) is 16.4. The van der Waals surface area contributed by atoms with E-state index in [1.807, 2.05) is 49.3 Å². The largest absolute Gasteiger partial charge is 0.370 e. The Bertz CT molecular complexity index is 897. The van der Waals surface area contributed by atoms with Gasteiger partial charge in [-0.2, -0.15) is 9.64 Å². The molecule has 0 radical (unpaired) electrons. The fourth-order valence-corrected chi connectivity index (χ4v) is 3.20. The molecule has 0 fully saturated rings. The molecule has 0 saturated heterocycles. The van der Waals surface area contributed by atoms with Gasteiger partial charge in [0.25, 0.3) is 0 Å². The summed E-state index contributed by atoms with van der Waals surface area (Å²) in [7, 11) is 3.93. The Balaban J connectivity index is 1.97. The molecule has 0 atom stereocenters. The Morgan fingerprint density at radius 2 is 2.13 bits per heavy atom. The van der Waals surface area contributed by atoms with E-state index in [1.165, 1.54) is 11.5 Å². The van der Waals surface area contributed by atoms with Crippen LogP contribution in [0.2, 0.25) is 5.15 Å². The minimum Gasteiger partial charge on any atom is -0.370 e. The van der Waals surface area contributed by atoms with E-state index in [0.717, 1.165) is 22.3 Å². The van der Waals surface area contributed by atoms with Crippen LogP contribution in [0.3, 0.4) is 0 Å². The summed E-state index contributed by atoms with van der Waals surface area (Å²) in [6, 6.07) is 12.1. The molecule has 3 rings (SSSR count). The van der Waals surface area contributed by atoms with Gasteiger partial charge in [0.15, 0.2) is 5.15 Å². The van der Waals surface area contributed by atoms with Gasteiger partial charge in [-0.25, -0.2) is 4.98 Å². The molecule has 7 heteroatoms. The van der Waals surface area contributed by atoms with E-state index in [9.17, 15) is 0 Å². The number of nitrogens with one attached hydrogen (secondary N) is 1. The summed E-state index contributed by atoms with van der Waals surface area (Å²) in [5, 5.41) is 14.4. The Morgan fingerprint density at radius 3 is 2.87 bits per heavy atom.